The van der Waals surface area contributed by atoms with Gasteiger partial charge in [-0.1, -0.05) is 18.6 Å². The summed E-state index contributed by atoms with van der Waals surface area (Å²) in [6, 6.07) is 5.92. The van der Waals surface area contributed by atoms with Crippen molar-refractivity contribution in [3.8, 4) is 0 Å². The van der Waals surface area contributed by atoms with E-state index in [1.165, 1.54) is 24.8 Å². The summed E-state index contributed by atoms with van der Waals surface area (Å²) in [6.45, 7) is 0.801. The van der Waals surface area contributed by atoms with Gasteiger partial charge in [0.15, 0.2) is 0 Å². The number of nitrogens with zero attached hydrogens (tertiary/aromatic N) is 1. The first-order valence-corrected chi connectivity index (χ1v) is 6.43. The van der Waals surface area contributed by atoms with E-state index in [2.05, 4.69) is 6.07 Å². The molecule has 3 nitrogen and oxygen atoms in total. The van der Waals surface area contributed by atoms with Crippen molar-refractivity contribution in [3.63, 3.8) is 0 Å². The van der Waals surface area contributed by atoms with Crippen LogP contribution >= 0.6 is 0 Å². The van der Waals surface area contributed by atoms with Crippen molar-refractivity contribution < 1.29 is 4.79 Å². The number of nitrogen functional groups attached to an aromatic ring is 1. The SMILES string of the molecule is Nc1cccc2c1N(C(=O)CC1CCC1)CC2. The van der Waals surface area contributed by atoms with Gasteiger partial charge in [0, 0.05) is 13.0 Å². The summed E-state index contributed by atoms with van der Waals surface area (Å²) in [5.41, 5.74) is 8.91. The molecule has 1 aliphatic heterocycles. The summed E-state index contributed by atoms with van der Waals surface area (Å²) in [4.78, 5) is 14.1. The van der Waals surface area contributed by atoms with Gasteiger partial charge in [-0.2, -0.15) is 0 Å². The molecular formula is C14H18N2O. The first-order chi connectivity index (χ1) is 8.25. The highest BCUT2D eigenvalue weighted by molar-refractivity contribution is 5.98. The number of rotatable bonds is 2. The topological polar surface area (TPSA) is 46.3 Å². The number of para-hydroxylation sites is 1. The van der Waals surface area contributed by atoms with Crippen LogP contribution < -0.4 is 10.6 Å². The van der Waals surface area contributed by atoms with Crippen LogP contribution in [0.1, 0.15) is 31.2 Å². The van der Waals surface area contributed by atoms with Gasteiger partial charge in [-0.25, -0.2) is 0 Å². The maximum atomic E-state index is 12.2. The highest BCUT2D eigenvalue weighted by Gasteiger charge is 2.29. The van der Waals surface area contributed by atoms with Crippen LogP contribution in [-0.2, 0) is 11.2 Å². The summed E-state index contributed by atoms with van der Waals surface area (Å²) in [7, 11) is 0. The van der Waals surface area contributed by atoms with Gasteiger partial charge in [-0.15, -0.1) is 0 Å². The normalized spacial score (nSPS) is 18.9. The lowest BCUT2D eigenvalue weighted by molar-refractivity contribution is -0.120. The molecule has 1 aromatic carbocycles. The predicted octanol–water partition coefficient (Wildman–Crippen LogP) is 2.35. The molecule has 1 amide bonds. The Morgan fingerprint density at radius 2 is 2.24 bits per heavy atom. The number of amides is 1. The third kappa shape index (κ3) is 1.79. The molecule has 3 heteroatoms. The second-order valence-corrected chi connectivity index (χ2v) is 5.15. The minimum Gasteiger partial charge on any atom is -0.397 e. The molecule has 1 heterocycles. The molecule has 1 aliphatic carbocycles. The van der Waals surface area contributed by atoms with E-state index in [9.17, 15) is 4.79 Å². The predicted molar refractivity (Wildman–Crippen MR) is 68.9 cm³/mol. The van der Waals surface area contributed by atoms with E-state index in [1.807, 2.05) is 17.0 Å². The average molecular weight is 230 g/mol. The maximum absolute atomic E-state index is 12.2. The minimum absolute atomic E-state index is 0.256. The van der Waals surface area contributed by atoms with Crippen LogP contribution in [0.5, 0.6) is 0 Å². The molecule has 0 unspecified atom stereocenters. The van der Waals surface area contributed by atoms with Gasteiger partial charge in [0.05, 0.1) is 11.4 Å². The van der Waals surface area contributed by atoms with E-state index >= 15 is 0 Å². The second-order valence-electron chi connectivity index (χ2n) is 5.15. The van der Waals surface area contributed by atoms with Gasteiger partial charge in [-0.05, 0) is 36.8 Å². The van der Waals surface area contributed by atoms with Crippen LogP contribution in [0.3, 0.4) is 0 Å². The lowest BCUT2D eigenvalue weighted by Gasteiger charge is -2.27. The average Bonchev–Trinajstić information content (AvgIpc) is 2.68. The second kappa shape index (κ2) is 4.06. The van der Waals surface area contributed by atoms with Gasteiger partial charge in [0.1, 0.15) is 0 Å². The number of fused-ring (bicyclic) bond motifs is 1. The molecule has 17 heavy (non-hydrogen) atoms. The van der Waals surface area contributed by atoms with Crippen LogP contribution in [0.4, 0.5) is 11.4 Å². The van der Waals surface area contributed by atoms with E-state index < -0.39 is 0 Å². The van der Waals surface area contributed by atoms with Crippen molar-refractivity contribution in [2.24, 2.45) is 5.92 Å². The minimum atomic E-state index is 0.256. The zero-order valence-electron chi connectivity index (χ0n) is 9.98. The fourth-order valence-electron chi connectivity index (χ4n) is 2.79. The van der Waals surface area contributed by atoms with Crippen molar-refractivity contribution in [2.45, 2.75) is 32.1 Å². The van der Waals surface area contributed by atoms with E-state index in [1.54, 1.807) is 0 Å². The van der Waals surface area contributed by atoms with Crippen molar-refractivity contribution in [1.82, 2.24) is 0 Å². The number of anilines is 2. The largest absolute Gasteiger partial charge is 0.397 e. The monoisotopic (exact) mass is 230 g/mol. The number of carbonyl (C=O) groups excluding carboxylic acids is 1. The lowest BCUT2D eigenvalue weighted by atomic mass is 9.82. The molecular weight excluding hydrogens is 212 g/mol. The maximum Gasteiger partial charge on any atom is 0.227 e. The Hall–Kier alpha value is -1.51. The number of carbonyl (C=O) groups is 1. The first-order valence-electron chi connectivity index (χ1n) is 6.43. The molecule has 1 saturated carbocycles. The van der Waals surface area contributed by atoms with Crippen molar-refractivity contribution >= 4 is 17.3 Å². The fraction of sp³-hybridized carbons (Fsp3) is 0.500. The quantitative estimate of drug-likeness (QED) is 0.793. The van der Waals surface area contributed by atoms with Crippen LogP contribution in [-0.4, -0.2) is 12.5 Å². The fourth-order valence-corrected chi connectivity index (χ4v) is 2.79. The van der Waals surface area contributed by atoms with Gasteiger partial charge in [0.2, 0.25) is 5.91 Å². The molecule has 90 valence electrons. The third-order valence-corrected chi connectivity index (χ3v) is 4.01. The molecule has 2 aliphatic rings. The summed E-state index contributed by atoms with van der Waals surface area (Å²) in [5, 5.41) is 0. The van der Waals surface area contributed by atoms with E-state index in [0.29, 0.717) is 12.3 Å². The molecule has 1 fully saturated rings. The van der Waals surface area contributed by atoms with Gasteiger partial charge >= 0.3 is 0 Å². The Morgan fingerprint density at radius 3 is 2.94 bits per heavy atom. The Kier molecular flexibility index (Phi) is 2.54. The smallest absolute Gasteiger partial charge is 0.227 e. The first kappa shape index (κ1) is 10.6. The Labute approximate surface area is 102 Å². The Morgan fingerprint density at radius 1 is 1.41 bits per heavy atom. The molecule has 2 N–H and O–H groups in total. The number of hydrogen-bond acceptors (Lipinski definition) is 2. The van der Waals surface area contributed by atoms with Crippen molar-refractivity contribution in [3.05, 3.63) is 23.8 Å². The number of benzene rings is 1. The highest BCUT2D eigenvalue weighted by Crippen LogP contribution is 2.36. The zero-order chi connectivity index (χ0) is 11.8. The van der Waals surface area contributed by atoms with Crippen LogP contribution in [0.25, 0.3) is 0 Å². The molecule has 0 spiro atoms. The van der Waals surface area contributed by atoms with Crippen LogP contribution in [0.15, 0.2) is 18.2 Å². The summed E-state index contributed by atoms with van der Waals surface area (Å²) < 4.78 is 0. The number of nitrogens with two attached hydrogens (primary N) is 1. The van der Waals surface area contributed by atoms with Gasteiger partial charge in [0.25, 0.3) is 0 Å². The van der Waals surface area contributed by atoms with Crippen LogP contribution in [0, 0.1) is 5.92 Å². The standard InChI is InChI=1S/C14H18N2O/c15-12-6-2-5-11-7-8-16(14(11)12)13(17)9-10-3-1-4-10/h2,5-6,10H,1,3-4,7-9,15H2. The Balaban J connectivity index is 1.80. The molecule has 0 radical (unpaired) electrons. The van der Waals surface area contributed by atoms with Crippen LogP contribution in [0.2, 0.25) is 0 Å². The molecule has 3 rings (SSSR count). The van der Waals surface area contributed by atoms with Crippen molar-refractivity contribution in [2.75, 3.05) is 17.2 Å². The highest BCUT2D eigenvalue weighted by atomic mass is 16.2. The zero-order valence-corrected chi connectivity index (χ0v) is 9.98. The van der Waals surface area contributed by atoms with Gasteiger partial charge < -0.3 is 10.6 Å². The third-order valence-electron chi connectivity index (χ3n) is 4.01. The summed E-state index contributed by atoms with van der Waals surface area (Å²) in [6.07, 6.45) is 5.37. The van der Waals surface area contributed by atoms with Gasteiger partial charge in [-0.3, -0.25) is 4.79 Å². The summed E-state index contributed by atoms with van der Waals surface area (Å²) in [5.74, 6) is 0.878. The molecule has 1 aromatic rings. The van der Waals surface area contributed by atoms with E-state index in [-0.39, 0.29) is 5.91 Å². The molecule has 0 saturated heterocycles. The molecule has 0 atom stereocenters. The van der Waals surface area contributed by atoms with Crippen molar-refractivity contribution in [1.29, 1.82) is 0 Å². The lowest BCUT2D eigenvalue weighted by Crippen LogP contribution is -2.32. The number of hydrogen-bond donors (Lipinski definition) is 1. The molecule has 0 bridgehead atoms. The Bertz CT molecular complexity index is 452. The van der Waals surface area contributed by atoms with E-state index in [0.717, 1.165) is 24.3 Å². The summed E-state index contributed by atoms with van der Waals surface area (Å²) >= 11 is 0. The molecule has 0 aromatic heterocycles. The van der Waals surface area contributed by atoms with E-state index in [4.69, 9.17) is 5.73 Å².